The van der Waals surface area contributed by atoms with Crippen LogP contribution in [-0.2, 0) is 4.74 Å². The zero-order chi connectivity index (χ0) is 12.9. The Hall–Kier alpha value is -0.540. The molecule has 0 bridgehead atoms. The van der Waals surface area contributed by atoms with Crippen LogP contribution in [0.15, 0.2) is 11.8 Å². The number of hydrogen-bond donors (Lipinski definition) is 2. The Morgan fingerprint density at radius 1 is 1.18 bits per heavy atom. The van der Waals surface area contributed by atoms with E-state index in [0.717, 1.165) is 32.1 Å². The highest BCUT2D eigenvalue weighted by Crippen LogP contribution is 2.13. The Bertz CT molecular complexity index is 190. The standard InChI is InChI=1S/C14H28O3/c1-3-5-9-13(4-2)12-17-14(16)10-7-6-8-11-15/h12,14-16H,3-11H2,1-2H3. The van der Waals surface area contributed by atoms with Crippen molar-refractivity contribution >= 4 is 0 Å². The molecule has 0 rings (SSSR count). The number of rotatable bonds is 11. The van der Waals surface area contributed by atoms with Gasteiger partial charge in [-0.15, -0.1) is 0 Å². The van der Waals surface area contributed by atoms with Gasteiger partial charge in [0.15, 0.2) is 6.29 Å². The summed E-state index contributed by atoms with van der Waals surface area (Å²) in [7, 11) is 0. The number of hydrogen-bond acceptors (Lipinski definition) is 3. The lowest BCUT2D eigenvalue weighted by atomic mass is 10.1. The van der Waals surface area contributed by atoms with Crippen LogP contribution in [0.5, 0.6) is 0 Å². The summed E-state index contributed by atoms with van der Waals surface area (Å²) in [4.78, 5) is 0. The Kier molecular flexibility index (Phi) is 11.6. The predicted molar refractivity (Wildman–Crippen MR) is 70.5 cm³/mol. The van der Waals surface area contributed by atoms with Crippen molar-refractivity contribution in [2.45, 2.75) is 71.5 Å². The van der Waals surface area contributed by atoms with Crippen molar-refractivity contribution in [2.24, 2.45) is 0 Å². The molecule has 0 aliphatic rings. The van der Waals surface area contributed by atoms with E-state index in [1.54, 1.807) is 6.26 Å². The van der Waals surface area contributed by atoms with Gasteiger partial charge in [-0.3, -0.25) is 0 Å². The van der Waals surface area contributed by atoms with Crippen LogP contribution >= 0.6 is 0 Å². The summed E-state index contributed by atoms with van der Waals surface area (Å²) in [6, 6.07) is 0. The van der Waals surface area contributed by atoms with Crippen LogP contribution in [0.2, 0.25) is 0 Å². The Morgan fingerprint density at radius 2 is 1.94 bits per heavy atom. The van der Waals surface area contributed by atoms with Crippen LogP contribution in [0.4, 0.5) is 0 Å². The van der Waals surface area contributed by atoms with Crippen LogP contribution in [0.1, 0.15) is 65.2 Å². The van der Waals surface area contributed by atoms with Gasteiger partial charge in [-0.2, -0.15) is 0 Å². The smallest absolute Gasteiger partial charge is 0.196 e. The third kappa shape index (κ3) is 10.3. The van der Waals surface area contributed by atoms with Gasteiger partial charge in [0.2, 0.25) is 0 Å². The number of allylic oxidation sites excluding steroid dienone is 1. The number of unbranched alkanes of at least 4 members (excludes halogenated alkanes) is 3. The van der Waals surface area contributed by atoms with E-state index < -0.39 is 6.29 Å². The molecule has 1 atom stereocenters. The van der Waals surface area contributed by atoms with E-state index in [9.17, 15) is 5.11 Å². The first-order valence-corrected chi connectivity index (χ1v) is 6.86. The van der Waals surface area contributed by atoms with E-state index in [1.165, 1.54) is 18.4 Å². The summed E-state index contributed by atoms with van der Waals surface area (Å²) in [5.41, 5.74) is 1.27. The van der Waals surface area contributed by atoms with Crippen molar-refractivity contribution < 1.29 is 14.9 Å². The van der Waals surface area contributed by atoms with Gasteiger partial charge in [-0.1, -0.05) is 26.7 Å². The SMILES string of the molecule is CCCCC(=COC(O)CCCCCO)CC. The van der Waals surface area contributed by atoms with Gasteiger partial charge in [0.25, 0.3) is 0 Å². The number of aliphatic hydroxyl groups excluding tert-OH is 2. The number of aliphatic hydroxyl groups is 2. The third-order valence-corrected chi connectivity index (χ3v) is 2.81. The molecule has 0 aliphatic carbocycles. The predicted octanol–water partition coefficient (Wildman–Crippen LogP) is 3.36. The Balaban J connectivity index is 3.69. The molecule has 0 aromatic rings. The lowest BCUT2D eigenvalue weighted by Gasteiger charge is -2.11. The first-order chi connectivity index (χ1) is 8.24. The fourth-order valence-electron chi connectivity index (χ4n) is 1.57. The third-order valence-electron chi connectivity index (χ3n) is 2.81. The molecule has 0 spiro atoms. The normalized spacial score (nSPS) is 13.8. The van der Waals surface area contributed by atoms with E-state index in [1.807, 2.05) is 0 Å². The summed E-state index contributed by atoms with van der Waals surface area (Å²) >= 11 is 0. The van der Waals surface area contributed by atoms with Crippen molar-refractivity contribution in [2.75, 3.05) is 6.61 Å². The maximum Gasteiger partial charge on any atom is 0.196 e. The minimum atomic E-state index is -0.697. The molecule has 0 saturated heterocycles. The highest BCUT2D eigenvalue weighted by atomic mass is 16.6. The van der Waals surface area contributed by atoms with Gasteiger partial charge in [-0.25, -0.2) is 0 Å². The van der Waals surface area contributed by atoms with Gasteiger partial charge in [0.05, 0.1) is 6.26 Å². The zero-order valence-corrected chi connectivity index (χ0v) is 11.3. The molecule has 0 aliphatic heterocycles. The van der Waals surface area contributed by atoms with E-state index in [2.05, 4.69) is 13.8 Å². The molecular formula is C14H28O3. The fraction of sp³-hybridized carbons (Fsp3) is 0.857. The average Bonchev–Trinajstić information content (AvgIpc) is 2.35. The lowest BCUT2D eigenvalue weighted by Crippen LogP contribution is -2.08. The number of ether oxygens (including phenoxy) is 1. The summed E-state index contributed by atoms with van der Waals surface area (Å²) < 4.78 is 5.30. The highest BCUT2D eigenvalue weighted by Gasteiger charge is 2.03. The molecule has 0 radical (unpaired) electrons. The molecule has 0 aromatic carbocycles. The molecule has 1 unspecified atom stereocenters. The van der Waals surface area contributed by atoms with Crippen molar-refractivity contribution in [3.63, 3.8) is 0 Å². The molecule has 17 heavy (non-hydrogen) atoms. The van der Waals surface area contributed by atoms with Gasteiger partial charge < -0.3 is 14.9 Å². The molecule has 0 heterocycles. The highest BCUT2D eigenvalue weighted by molar-refractivity contribution is 4.96. The van der Waals surface area contributed by atoms with Gasteiger partial charge >= 0.3 is 0 Å². The first-order valence-electron chi connectivity index (χ1n) is 6.86. The molecule has 0 fully saturated rings. The van der Waals surface area contributed by atoms with Crippen LogP contribution < -0.4 is 0 Å². The van der Waals surface area contributed by atoms with Gasteiger partial charge in [-0.05, 0) is 37.7 Å². The van der Waals surface area contributed by atoms with E-state index in [4.69, 9.17) is 9.84 Å². The monoisotopic (exact) mass is 244 g/mol. The second kappa shape index (κ2) is 11.9. The quantitative estimate of drug-likeness (QED) is 0.333. The van der Waals surface area contributed by atoms with E-state index >= 15 is 0 Å². The maximum atomic E-state index is 9.59. The minimum Gasteiger partial charge on any atom is -0.473 e. The van der Waals surface area contributed by atoms with E-state index in [-0.39, 0.29) is 6.61 Å². The van der Waals surface area contributed by atoms with Gasteiger partial charge in [0.1, 0.15) is 0 Å². The lowest BCUT2D eigenvalue weighted by molar-refractivity contribution is -0.0585. The molecule has 2 N–H and O–H groups in total. The zero-order valence-electron chi connectivity index (χ0n) is 11.3. The Labute approximate surface area is 105 Å². The minimum absolute atomic E-state index is 0.230. The molecule has 3 nitrogen and oxygen atoms in total. The van der Waals surface area contributed by atoms with Crippen molar-refractivity contribution in [1.82, 2.24) is 0 Å². The summed E-state index contributed by atoms with van der Waals surface area (Å²) in [6.45, 7) is 4.51. The molecule has 0 saturated carbocycles. The van der Waals surface area contributed by atoms with Crippen LogP contribution in [0.25, 0.3) is 0 Å². The molecule has 0 aromatic heterocycles. The molecule has 3 heteroatoms. The van der Waals surface area contributed by atoms with Crippen molar-refractivity contribution in [3.8, 4) is 0 Å². The summed E-state index contributed by atoms with van der Waals surface area (Å²) in [5.74, 6) is 0. The summed E-state index contributed by atoms with van der Waals surface area (Å²) in [6.07, 6.45) is 8.71. The van der Waals surface area contributed by atoms with Crippen LogP contribution in [0, 0.1) is 0 Å². The second-order valence-electron chi connectivity index (χ2n) is 4.40. The Morgan fingerprint density at radius 3 is 2.53 bits per heavy atom. The summed E-state index contributed by atoms with van der Waals surface area (Å²) in [5, 5.41) is 18.2. The fourth-order valence-corrected chi connectivity index (χ4v) is 1.57. The largest absolute Gasteiger partial charge is 0.473 e. The average molecular weight is 244 g/mol. The molecule has 0 amide bonds. The second-order valence-corrected chi connectivity index (χ2v) is 4.40. The van der Waals surface area contributed by atoms with Gasteiger partial charge in [0, 0.05) is 13.0 Å². The van der Waals surface area contributed by atoms with E-state index in [0.29, 0.717) is 6.42 Å². The maximum absolute atomic E-state index is 9.59. The van der Waals surface area contributed by atoms with Crippen molar-refractivity contribution in [3.05, 3.63) is 11.8 Å². The topological polar surface area (TPSA) is 49.7 Å². The molecular weight excluding hydrogens is 216 g/mol. The first kappa shape index (κ1) is 16.5. The van der Waals surface area contributed by atoms with Crippen molar-refractivity contribution in [1.29, 1.82) is 0 Å². The van der Waals surface area contributed by atoms with Crippen LogP contribution in [0.3, 0.4) is 0 Å². The molecule has 102 valence electrons. The van der Waals surface area contributed by atoms with Crippen LogP contribution in [-0.4, -0.2) is 23.1 Å².